The van der Waals surface area contributed by atoms with E-state index >= 15 is 0 Å². The highest BCUT2D eigenvalue weighted by Crippen LogP contribution is 2.37. The molecule has 0 bridgehead atoms. The molecule has 126 valence electrons. The smallest absolute Gasteiger partial charge is 0.335 e. The number of hydrogen-bond acceptors (Lipinski definition) is 4. The number of hydrogen-bond donors (Lipinski definition) is 2. The van der Waals surface area contributed by atoms with Crippen molar-refractivity contribution in [3.63, 3.8) is 0 Å². The standard InChI is InChI=1S/C17H15BrO6/c1-2-23-14-8-12(17(21)22)7-13(18)15(14)24-9-10-3-5-11(6-4-10)16(19)20/h3-8H,2,9H2,1H3,(H,19,20)(H,21,22). The first-order valence-electron chi connectivity index (χ1n) is 7.07. The molecule has 0 atom stereocenters. The molecule has 24 heavy (non-hydrogen) atoms. The normalized spacial score (nSPS) is 10.2. The molecule has 7 heteroatoms. The van der Waals surface area contributed by atoms with E-state index < -0.39 is 11.9 Å². The van der Waals surface area contributed by atoms with Gasteiger partial charge < -0.3 is 19.7 Å². The van der Waals surface area contributed by atoms with Gasteiger partial charge >= 0.3 is 11.9 Å². The van der Waals surface area contributed by atoms with E-state index in [1.165, 1.54) is 24.3 Å². The van der Waals surface area contributed by atoms with E-state index in [1.807, 2.05) is 0 Å². The number of aromatic carboxylic acids is 2. The topological polar surface area (TPSA) is 93.1 Å². The number of ether oxygens (including phenoxy) is 2. The maximum atomic E-state index is 11.1. The summed E-state index contributed by atoms with van der Waals surface area (Å²) in [5.74, 6) is -1.34. The van der Waals surface area contributed by atoms with Crippen molar-refractivity contribution in [2.75, 3.05) is 6.61 Å². The molecule has 0 aliphatic rings. The largest absolute Gasteiger partial charge is 0.490 e. The molecule has 6 nitrogen and oxygen atoms in total. The Morgan fingerprint density at radius 2 is 1.62 bits per heavy atom. The first-order chi connectivity index (χ1) is 11.4. The average molecular weight is 395 g/mol. The van der Waals surface area contributed by atoms with Gasteiger partial charge in [-0.15, -0.1) is 0 Å². The van der Waals surface area contributed by atoms with Crippen LogP contribution in [0.1, 0.15) is 33.2 Å². The van der Waals surface area contributed by atoms with Gasteiger partial charge in [-0.3, -0.25) is 0 Å². The molecular formula is C17H15BrO6. The third kappa shape index (κ3) is 4.26. The van der Waals surface area contributed by atoms with Crippen LogP contribution in [0.2, 0.25) is 0 Å². The summed E-state index contributed by atoms with van der Waals surface area (Å²) in [4.78, 5) is 22.0. The Labute approximate surface area is 146 Å². The predicted molar refractivity (Wildman–Crippen MR) is 90.0 cm³/mol. The molecule has 0 aromatic heterocycles. The fourth-order valence-corrected chi connectivity index (χ4v) is 2.55. The lowest BCUT2D eigenvalue weighted by atomic mass is 10.1. The molecule has 0 amide bonds. The third-order valence-electron chi connectivity index (χ3n) is 3.14. The van der Waals surface area contributed by atoms with Crippen LogP contribution in [-0.2, 0) is 6.61 Å². The number of carbonyl (C=O) groups is 2. The molecule has 2 aromatic carbocycles. The van der Waals surface area contributed by atoms with E-state index in [-0.39, 0.29) is 17.7 Å². The quantitative estimate of drug-likeness (QED) is 0.741. The summed E-state index contributed by atoms with van der Waals surface area (Å²) in [6.07, 6.45) is 0. The zero-order valence-corrected chi connectivity index (χ0v) is 14.4. The Morgan fingerprint density at radius 1 is 1.00 bits per heavy atom. The zero-order chi connectivity index (χ0) is 17.7. The molecule has 0 unspecified atom stereocenters. The van der Waals surface area contributed by atoms with Crippen LogP contribution in [0.5, 0.6) is 11.5 Å². The maximum Gasteiger partial charge on any atom is 0.335 e. The number of benzene rings is 2. The van der Waals surface area contributed by atoms with Crippen molar-refractivity contribution < 1.29 is 29.3 Å². The van der Waals surface area contributed by atoms with Crippen LogP contribution in [0.4, 0.5) is 0 Å². The molecule has 0 aliphatic carbocycles. The van der Waals surface area contributed by atoms with Crippen molar-refractivity contribution in [1.29, 1.82) is 0 Å². The summed E-state index contributed by atoms with van der Waals surface area (Å²) >= 11 is 3.29. The third-order valence-corrected chi connectivity index (χ3v) is 3.73. The molecule has 2 rings (SSSR count). The summed E-state index contributed by atoms with van der Waals surface area (Å²) in [7, 11) is 0. The fraction of sp³-hybridized carbons (Fsp3) is 0.176. The summed E-state index contributed by atoms with van der Waals surface area (Å²) in [6.45, 7) is 2.33. The average Bonchev–Trinajstić information content (AvgIpc) is 2.54. The first-order valence-corrected chi connectivity index (χ1v) is 7.86. The van der Waals surface area contributed by atoms with Gasteiger partial charge in [0.1, 0.15) is 6.61 Å². The van der Waals surface area contributed by atoms with Crippen molar-refractivity contribution in [3.05, 3.63) is 57.6 Å². The maximum absolute atomic E-state index is 11.1. The predicted octanol–water partition coefficient (Wildman–Crippen LogP) is 3.82. The lowest BCUT2D eigenvalue weighted by molar-refractivity contribution is 0.0685. The van der Waals surface area contributed by atoms with Crippen molar-refractivity contribution in [2.45, 2.75) is 13.5 Å². The molecule has 0 fully saturated rings. The van der Waals surface area contributed by atoms with E-state index in [0.717, 1.165) is 5.56 Å². The fourth-order valence-electron chi connectivity index (χ4n) is 1.99. The second kappa shape index (κ2) is 7.83. The minimum Gasteiger partial charge on any atom is -0.490 e. The Hall–Kier alpha value is -2.54. The summed E-state index contributed by atoms with van der Waals surface area (Å²) < 4.78 is 11.6. The van der Waals surface area contributed by atoms with E-state index in [9.17, 15) is 9.59 Å². The van der Waals surface area contributed by atoms with Gasteiger partial charge in [0, 0.05) is 0 Å². The molecule has 0 saturated carbocycles. The number of carboxylic acid groups (broad SMARTS) is 2. The lowest BCUT2D eigenvalue weighted by Crippen LogP contribution is -2.04. The van der Waals surface area contributed by atoms with Crippen molar-refractivity contribution in [3.8, 4) is 11.5 Å². The van der Waals surface area contributed by atoms with Gasteiger partial charge in [-0.05, 0) is 52.7 Å². The molecule has 0 saturated heterocycles. The van der Waals surface area contributed by atoms with E-state index in [2.05, 4.69) is 15.9 Å². The highest BCUT2D eigenvalue weighted by molar-refractivity contribution is 9.10. The van der Waals surface area contributed by atoms with Crippen LogP contribution in [0, 0.1) is 0 Å². The SMILES string of the molecule is CCOc1cc(C(=O)O)cc(Br)c1OCc1ccc(C(=O)O)cc1. The number of rotatable bonds is 7. The molecule has 0 aliphatic heterocycles. The molecule has 0 spiro atoms. The van der Waals surface area contributed by atoms with Crippen LogP contribution in [0.25, 0.3) is 0 Å². The minimum absolute atomic E-state index is 0.0866. The monoisotopic (exact) mass is 394 g/mol. The van der Waals surface area contributed by atoms with E-state index in [1.54, 1.807) is 19.1 Å². The van der Waals surface area contributed by atoms with Gasteiger partial charge in [0.05, 0.1) is 22.2 Å². The number of carboxylic acids is 2. The Bertz CT molecular complexity index is 754. The molecule has 0 heterocycles. The number of halogens is 1. The van der Waals surface area contributed by atoms with Crippen LogP contribution in [0.15, 0.2) is 40.9 Å². The van der Waals surface area contributed by atoms with Crippen LogP contribution >= 0.6 is 15.9 Å². The molecular weight excluding hydrogens is 380 g/mol. The van der Waals surface area contributed by atoms with Crippen LogP contribution in [0.3, 0.4) is 0 Å². The second-order valence-corrected chi connectivity index (χ2v) is 5.67. The van der Waals surface area contributed by atoms with Crippen molar-refractivity contribution in [2.24, 2.45) is 0 Å². The second-order valence-electron chi connectivity index (χ2n) is 4.81. The van der Waals surface area contributed by atoms with Crippen LogP contribution in [-0.4, -0.2) is 28.8 Å². The summed E-state index contributed by atoms with van der Waals surface area (Å²) in [6, 6.07) is 9.14. The van der Waals surface area contributed by atoms with Crippen LogP contribution < -0.4 is 9.47 Å². The molecule has 2 aromatic rings. The summed E-state index contributed by atoms with van der Waals surface area (Å²) in [5.41, 5.74) is 1.06. The van der Waals surface area contributed by atoms with Gasteiger partial charge in [0.25, 0.3) is 0 Å². The highest BCUT2D eigenvalue weighted by Gasteiger charge is 2.15. The molecule has 2 N–H and O–H groups in total. The van der Waals surface area contributed by atoms with Gasteiger partial charge in [-0.25, -0.2) is 9.59 Å². The highest BCUT2D eigenvalue weighted by atomic mass is 79.9. The van der Waals surface area contributed by atoms with Gasteiger partial charge in [0.2, 0.25) is 0 Å². The van der Waals surface area contributed by atoms with E-state index in [4.69, 9.17) is 19.7 Å². The lowest BCUT2D eigenvalue weighted by Gasteiger charge is -2.14. The Balaban J connectivity index is 2.21. The van der Waals surface area contributed by atoms with Gasteiger partial charge in [-0.2, -0.15) is 0 Å². The summed E-state index contributed by atoms with van der Waals surface area (Å²) in [5, 5.41) is 18.0. The Morgan fingerprint density at radius 3 is 2.17 bits per heavy atom. The van der Waals surface area contributed by atoms with Gasteiger partial charge in [-0.1, -0.05) is 12.1 Å². The zero-order valence-electron chi connectivity index (χ0n) is 12.8. The minimum atomic E-state index is -1.06. The Kier molecular flexibility index (Phi) is 5.81. The first kappa shape index (κ1) is 17.8. The van der Waals surface area contributed by atoms with Crippen molar-refractivity contribution >= 4 is 27.9 Å². The van der Waals surface area contributed by atoms with Crippen molar-refractivity contribution in [1.82, 2.24) is 0 Å². The van der Waals surface area contributed by atoms with E-state index in [0.29, 0.717) is 22.6 Å². The molecule has 0 radical (unpaired) electrons. The van der Waals surface area contributed by atoms with Gasteiger partial charge in [0.15, 0.2) is 11.5 Å².